The Morgan fingerprint density at radius 3 is 2.75 bits per heavy atom. The molecule has 0 fully saturated rings. The standard InChI is InChI=1S/C17H15ClN4S2/c18-13-4-2-11(3-5-13)15-8-12(9-23-15)14-10-24-17(21-14)22-16-19-6-1-7-20-16/h2-5,8-10H,1,6-7H2,(H2,19,20,21,22). The second-order valence-corrected chi connectivity index (χ2v) is 7.59. The molecule has 0 unspecified atom stereocenters. The van der Waals surface area contributed by atoms with Gasteiger partial charge in [-0.25, -0.2) is 4.98 Å². The smallest absolute Gasteiger partial charge is 0.197 e. The van der Waals surface area contributed by atoms with Crippen LogP contribution >= 0.6 is 34.3 Å². The van der Waals surface area contributed by atoms with Gasteiger partial charge in [-0.1, -0.05) is 23.7 Å². The van der Waals surface area contributed by atoms with Crippen molar-refractivity contribution in [2.75, 3.05) is 18.4 Å². The zero-order valence-corrected chi connectivity index (χ0v) is 15.1. The van der Waals surface area contributed by atoms with Crippen molar-refractivity contribution in [1.29, 1.82) is 0 Å². The van der Waals surface area contributed by atoms with E-state index in [0.29, 0.717) is 0 Å². The fourth-order valence-electron chi connectivity index (χ4n) is 2.42. The van der Waals surface area contributed by atoms with Crippen LogP contribution in [0.4, 0.5) is 5.13 Å². The molecule has 0 radical (unpaired) electrons. The first-order valence-corrected chi connectivity index (χ1v) is 9.77. The molecule has 1 aliphatic rings. The Hall–Kier alpha value is -1.89. The molecule has 122 valence electrons. The number of hydrogen-bond acceptors (Lipinski definition) is 6. The van der Waals surface area contributed by atoms with Crippen LogP contribution in [0.3, 0.4) is 0 Å². The number of benzene rings is 1. The highest BCUT2D eigenvalue weighted by Crippen LogP contribution is 2.34. The Balaban J connectivity index is 1.52. The van der Waals surface area contributed by atoms with E-state index >= 15 is 0 Å². The molecule has 1 aliphatic heterocycles. The number of aliphatic imine (C=N–C) groups is 1. The third kappa shape index (κ3) is 3.45. The molecule has 0 spiro atoms. The first-order chi connectivity index (χ1) is 11.8. The Kier molecular flexibility index (Phi) is 4.51. The highest BCUT2D eigenvalue weighted by Gasteiger charge is 2.11. The molecular formula is C17H15ClN4S2. The van der Waals surface area contributed by atoms with Crippen LogP contribution in [0.5, 0.6) is 0 Å². The van der Waals surface area contributed by atoms with Crippen LogP contribution in [0.25, 0.3) is 21.7 Å². The average molecular weight is 375 g/mol. The van der Waals surface area contributed by atoms with Crippen LogP contribution in [-0.2, 0) is 0 Å². The maximum Gasteiger partial charge on any atom is 0.197 e. The molecule has 3 aromatic rings. The summed E-state index contributed by atoms with van der Waals surface area (Å²) < 4.78 is 0. The van der Waals surface area contributed by atoms with Gasteiger partial charge in [0.1, 0.15) is 0 Å². The molecule has 7 heteroatoms. The molecule has 0 bridgehead atoms. The van der Waals surface area contributed by atoms with Crippen molar-refractivity contribution in [1.82, 2.24) is 10.3 Å². The number of aromatic nitrogens is 1. The third-order valence-electron chi connectivity index (χ3n) is 3.65. The topological polar surface area (TPSA) is 49.3 Å². The molecule has 3 heterocycles. The number of nitrogens with one attached hydrogen (secondary N) is 2. The molecule has 2 aromatic heterocycles. The van der Waals surface area contributed by atoms with Crippen LogP contribution in [0.2, 0.25) is 5.02 Å². The summed E-state index contributed by atoms with van der Waals surface area (Å²) in [4.78, 5) is 10.3. The summed E-state index contributed by atoms with van der Waals surface area (Å²) in [6.07, 6.45) is 1.08. The summed E-state index contributed by atoms with van der Waals surface area (Å²) in [5, 5.41) is 12.3. The predicted molar refractivity (Wildman–Crippen MR) is 104 cm³/mol. The van der Waals surface area contributed by atoms with Crippen LogP contribution in [0.1, 0.15) is 6.42 Å². The lowest BCUT2D eigenvalue weighted by atomic mass is 10.1. The zero-order valence-electron chi connectivity index (χ0n) is 12.8. The van der Waals surface area contributed by atoms with Crippen molar-refractivity contribution >= 4 is 45.4 Å². The first-order valence-electron chi connectivity index (χ1n) is 7.64. The van der Waals surface area contributed by atoms with E-state index in [0.717, 1.165) is 46.9 Å². The number of rotatable bonds is 3. The van der Waals surface area contributed by atoms with E-state index < -0.39 is 0 Å². The normalized spacial score (nSPS) is 14.1. The van der Waals surface area contributed by atoms with E-state index in [1.54, 1.807) is 22.7 Å². The molecule has 0 saturated heterocycles. The zero-order chi connectivity index (χ0) is 16.4. The molecule has 24 heavy (non-hydrogen) atoms. The highest BCUT2D eigenvalue weighted by molar-refractivity contribution is 7.15. The number of halogens is 1. The molecule has 0 saturated carbocycles. The predicted octanol–water partition coefficient (Wildman–Crippen LogP) is 4.95. The lowest BCUT2D eigenvalue weighted by molar-refractivity contribution is 0.740. The van der Waals surface area contributed by atoms with Gasteiger partial charge in [-0.05, 0) is 30.2 Å². The lowest BCUT2D eigenvalue weighted by Crippen LogP contribution is -2.35. The summed E-state index contributed by atoms with van der Waals surface area (Å²) in [6.45, 7) is 1.82. The highest BCUT2D eigenvalue weighted by atomic mass is 35.5. The monoisotopic (exact) mass is 374 g/mol. The number of thiophene rings is 1. The Morgan fingerprint density at radius 1 is 1.08 bits per heavy atom. The number of guanidine groups is 1. The molecule has 1 aromatic carbocycles. The van der Waals surface area contributed by atoms with Crippen molar-refractivity contribution in [3.63, 3.8) is 0 Å². The maximum absolute atomic E-state index is 5.96. The van der Waals surface area contributed by atoms with E-state index in [1.165, 1.54) is 10.4 Å². The van der Waals surface area contributed by atoms with Crippen molar-refractivity contribution in [3.8, 4) is 21.7 Å². The van der Waals surface area contributed by atoms with E-state index in [2.05, 4.69) is 37.4 Å². The Labute approximate surface area is 153 Å². The van der Waals surface area contributed by atoms with Gasteiger partial charge in [0, 0.05) is 39.3 Å². The van der Waals surface area contributed by atoms with Crippen LogP contribution in [0, 0.1) is 0 Å². The maximum atomic E-state index is 5.96. The number of nitrogens with zero attached hydrogens (tertiary/aromatic N) is 2. The van der Waals surface area contributed by atoms with Gasteiger partial charge >= 0.3 is 0 Å². The summed E-state index contributed by atoms with van der Waals surface area (Å²) >= 11 is 9.26. The minimum Gasteiger partial charge on any atom is -0.356 e. The van der Waals surface area contributed by atoms with Gasteiger partial charge in [-0.15, -0.1) is 22.7 Å². The van der Waals surface area contributed by atoms with Crippen molar-refractivity contribution in [2.45, 2.75) is 6.42 Å². The quantitative estimate of drug-likeness (QED) is 0.681. The van der Waals surface area contributed by atoms with E-state index in [-0.39, 0.29) is 0 Å². The number of anilines is 1. The summed E-state index contributed by atoms with van der Waals surface area (Å²) in [6, 6.07) is 10.1. The number of hydrogen-bond donors (Lipinski definition) is 2. The minimum atomic E-state index is 0.755. The van der Waals surface area contributed by atoms with E-state index in [9.17, 15) is 0 Å². The van der Waals surface area contributed by atoms with Gasteiger partial charge in [-0.3, -0.25) is 4.99 Å². The largest absolute Gasteiger partial charge is 0.356 e. The molecule has 4 rings (SSSR count). The molecular weight excluding hydrogens is 360 g/mol. The van der Waals surface area contributed by atoms with Crippen LogP contribution in [-0.4, -0.2) is 24.0 Å². The van der Waals surface area contributed by atoms with Gasteiger partial charge in [0.15, 0.2) is 11.1 Å². The van der Waals surface area contributed by atoms with Gasteiger partial charge in [0.2, 0.25) is 0 Å². The molecule has 0 atom stereocenters. The van der Waals surface area contributed by atoms with Gasteiger partial charge in [0.05, 0.1) is 5.69 Å². The summed E-state index contributed by atoms with van der Waals surface area (Å²) in [7, 11) is 0. The molecule has 4 nitrogen and oxygen atoms in total. The van der Waals surface area contributed by atoms with E-state index in [4.69, 9.17) is 11.6 Å². The van der Waals surface area contributed by atoms with Gasteiger partial charge in [0.25, 0.3) is 0 Å². The minimum absolute atomic E-state index is 0.755. The average Bonchev–Trinajstić information content (AvgIpc) is 3.26. The second kappa shape index (κ2) is 6.93. The summed E-state index contributed by atoms with van der Waals surface area (Å²) in [5.41, 5.74) is 3.29. The lowest BCUT2D eigenvalue weighted by Gasteiger charge is -2.14. The second-order valence-electron chi connectivity index (χ2n) is 5.38. The van der Waals surface area contributed by atoms with Crippen molar-refractivity contribution in [2.24, 2.45) is 4.99 Å². The van der Waals surface area contributed by atoms with Crippen molar-refractivity contribution in [3.05, 3.63) is 46.1 Å². The van der Waals surface area contributed by atoms with Crippen LogP contribution < -0.4 is 10.6 Å². The Morgan fingerprint density at radius 2 is 1.96 bits per heavy atom. The fourth-order valence-corrected chi connectivity index (χ4v) is 4.17. The molecule has 2 N–H and O–H groups in total. The first kappa shape index (κ1) is 15.6. The van der Waals surface area contributed by atoms with E-state index in [1.807, 2.05) is 24.3 Å². The van der Waals surface area contributed by atoms with Gasteiger partial charge in [-0.2, -0.15) is 0 Å². The van der Waals surface area contributed by atoms with Crippen LogP contribution in [0.15, 0.2) is 46.1 Å². The van der Waals surface area contributed by atoms with Crippen molar-refractivity contribution < 1.29 is 0 Å². The van der Waals surface area contributed by atoms with Gasteiger partial charge < -0.3 is 10.6 Å². The Bertz CT molecular complexity index is 867. The summed E-state index contributed by atoms with van der Waals surface area (Å²) in [5.74, 6) is 0.814. The fraction of sp³-hybridized carbons (Fsp3) is 0.176. The third-order valence-corrected chi connectivity index (χ3v) is 5.64. The SMILES string of the molecule is Clc1ccc(-c2cc(-c3csc(NC4=NCCCN4)n3)cs2)cc1. The molecule has 0 aliphatic carbocycles. The molecule has 0 amide bonds. The number of thiazole rings is 1.